The van der Waals surface area contributed by atoms with E-state index in [9.17, 15) is 4.79 Å². The van der Waals surface area contributed by atoms with E-state index in [2.05, 4.69) is 16.9 Å². The monoisotopic (exact) mass is 460 g/mol. The van der Waals surface area contributed by atoms with Crippen LogP contribution < -0.4 is 10.1 Å². The zero-order chi connectivity index (χ0) is 22.2. The largest absolute Gasteiger partial charge is 0.493 e. The molecule has 160 valence electrons. The Labute approximate surface area is 195 Å². The summed E-state index contributed by atoms with van der Waals surface area (Å²) < 4.78 is 6.69. The number of benzene rings is 2. The molecule has 0 bridgehead atoms. The van der Waals surface area contributed by atoms with Crippen molar-refractivity contribution < 1.29 is 9.53 Å². The second-order valence-electron chi connectivity index (χ2n) is 7.83. The maximum atomic E-state index is 13.5. The molecule has 0 aliphatic carbocycles. The Morgan fingerprint density at radius 2 is 2.06 bits per heavy atom. The second kappa shape index (κ2) is 8.41. The maximum absolute atomic E-state index is 13.5. The van der Waals surface area contributed by atoms with Crippen molar-refractivity contribution >= 4 is 44.6 Å². The number of halogens is 1. The Morgan fingerprint density at radius 3 is 2.88 bits per heavy atom. The molecule has 0 unspecified atom stereocenters. The first-order valence-corrected chi connectivity index (χ1v) is 11.6. The maximum Gasteiger partial charge on any atom is 0.262 e. The summed E-state index contributed by atoms with van der Waals surface area (Å²) in [6, 6.07) is 17.4. The molecular weight excluding hydrogens is 440 g/mol. The summed E-state index contributed by atoms with van der Waals surface area (Å²) in [7, 11) is 0. The van der Waals surface area contributed by atoms with Crippen LogP contribution in [0, 0.1) is 0 Å². The normalized spacial score (nSPS) is 15.1. The van der Waals surface area contributed by atoms with E-state index < -0.39 is 0 Å². The number of hydrogen-bond acceptors (Lipinski definition) is 4. The summed E-state index contributed by atoms with van der Waals surface area (Å²) in [6.07, 6.45) is 2.50. The predicted octanol–water partition coefficient (Wildman–Crippen LogP) is 6.90. The van der Waals surface area contributed by atoms with Crippen molar-refractivity contribution in [3.05, 3.63) is 88.4 Å². The van der Waals surface area contributed by atoms with E-state index in [-0.39, 0.29) is 11.9 Å². The first kappa shape index (κ1) is 20.7. The summed E-state index contributed by atoms with van der Waals surface area (Å²) in [6.45, 7) is 6.62. The van der Waals surface area contributed by atoms with E-state index in [1.165, 1.54) is 11.3 Å². The molecule has 0 radical (unpaired) electrons. The van der Waals surface area contributed by atoms with Gasteiger partial charge in [-0.15, -0.1) is 11.3 Å². The van der Waals surface area contributed by atoms with E-state index in [4.69, 9.17) is 16.3 Å². The molecule has 4 aromatic rings. The molecule has 0 saturated heterocycles. The van der Waals surface area contributed by atoms with E-state index in [0.717, 1.165) is 50.2 Å². The van der Waals surface area contributed by atoms with Gasteiger partial charge in [-0.1, -0.05) is 48.5 Å². The standard InChI is InChI=1S/C26H21ClN2O2S/c1-15(2)22-23-24(18(10-12-28-23)16-6-5-7-17(27)14-16)32-25(22)26(30)29-20-11-13-31-21-9-4-3-8-19(20)21/h3-10,12,14,20H,1,11,13H2,2H3,(H,29,30)/t20-/m0/s1. The van der Waals surface area contributed by atoms with Gasteiger partial charge in [-0.2, -0.15) is 0 Å². The van der Waals surface area contributed by atoms with Crippen molar-refractivity contribution in [2.24, 2.45) is 0 Å². The van der Waals surface area contributed by atoms with Gasteiger partial charge in [-0.25, -0.2) is 0 Å². The van der Waals surface area contributed by atoms with Gasteiger partial charge in [0.15, 0.2) is 0 Å². The molecule has 3 heterocycles. The molecule has 4 nitrogen and oxygen atoms in total. The fourth-order valence-electron chi connectivity index (χ4n) is 4.15. The lowest BCUT2D eigenvalue weighted by Crippen LogP contribution is -2.32. The highest BCUT2D eigenvalue weighted by Gasteiger charge is 2.27. The number of aromatic nitrogens is 1. The fourth-order valence-corrected chi connectivity index (χ4v) is 5.61. The second-order valence-corrected chi connectivity index (χ2v) is 9.29. The van der Waals surface area contributed by atoms with Gasteiger partial charge < -0.3 is 10.1 Å². The highest BCUT2D eigenvalue weighted by molar-refractivity contribution is 7.21. The van der Waals surface area contributed by atoms with Crippen LogP contribution in [-0.2, 0) is 0 Å². The van der Waals surface area contributed by atoms with E-state index in [1.54, 1.807) is 6.20 Å². The minimum Gasteiger partial charge on any atom is -0.493 e. The average Bonchev–Trinajstić information content (AvgIpc) is 3.19. The molecule has 2 aromatic heterocycles. The van der Waals surface area contributed by atoms with Crippen molar-refractivity contribution in [3.63, 3.8) is 0 Å². The lowest BCUT2D eigenvalue weighted by atomic mass is 10.00. The first-order chi connectivity index (χ1) is 15.5. The zero-order valence-corrected chi connectivity index (χ0v) is 19.1. The number of amides is 1. The number of hydrogen-bond donors (Lipinski definition) is 1. The van der Waals surface area contributed by atoms with Crippen molar-refractivity contribution in [2.75, 3.05) is 6.61 Å². The van der Waals surface area contributed by atoms with E-state index in [0.29, 0.717) is 16.5 Å². The van der Waals surface area contributed by atoms with Crippen LogP contribution in [0.5, 0.6) is 5.75 Å². The molecule has 0 fully saturated rings. The first-order valence-electron chi connectivity index (χ1n) is 10.4. The lowest BCUT2D eigenvalue weighted by Gasteiger charge is -2.26. The number of allylic oxidation sites excluding steroid dienone is 1. The van der Waals surface area contributed by atoms with Crippen LogP contribution in [0.1, 0.15) is 40.2 Å². The molecule has 1 amide bonds. The van der Waals surface area contributed by atoms with Gasteiger partial charge in [0.2, 0.25) is 0 Å². The number of rotatable bonds is 4. The van der Waals surface area contributed by atoms with Gasteiger partial charge in [0.25, 0.3) is 5.91 Å². The highest BCUT2D eigenvalue weighted by atomic mass is 35.5. The van der Waals surface area contributed by atoms with Crippen molar-refractivity contribution in [3.8, 4) is 16.9 Å². The van der Waals surface area contributed by atoms with Gasteiger partial charge in [-0.3, -0.25) is 9.78 Å². The molecule has 1 atom stereocenters. The van der Waals surface area contributed by atoms with E-state index >= 15 is 0 Å². The summed E-state index contributed by atoms with van der Waals surface area (Å²) in [5.41, 5.74) is 5.39. The Bertz CT molecular complexity index is 1360. The number of nitrogens with zero attached hydrogens (tertiary/aromatic N) is 1. The summed E-state index contributed by atoms with van der Waals surface area (Å²) in [4.78, 5) is 18.7. The van der Waals surface area contributed by atoms with Gasteiger partial charge >= 0.3 is 0 Å². The van der Waals surface area contributed by atoms with Gasteiger partial charge in [0.1, 0.15) is 10.6 Å². The summed E-state index contributed by atoms with van der Waals surface area (Å²) >= 11 is 7.68. The molecular formula is C26H21ClN2O2S. The molecule has 0 saturated carbocycles. The number of nitrogens with one attached hydrogen (secondary N) is 1. The number of carbonyl (C=O) groups is 1. The third-order valence-electron chi connectivity index (χ3n) is 5.60. The quantitative estimate of drug-likeness (QED) is 0.360. The highest BCUT2D eigenvalue weighted by Crippen LogP contribution is 2.40. The van der Waals surface area contributed by atoms with Crippen LogP contribution in [0.3, 0.4) is 0 Å². The average molecular weight is 461 g/mol. The number of carbonyl (C=O) groups excluding carboxylic acids is 1. The Kier molecular flexibility index (Phi) is 5.45. The topological polar surface area (TPSA) is 51.2 Å². The van der Waals surface area contributed by atoms with Crippen LogP contribution in [-0.4, -0.2) is 17.5 Å². The molecule has 2 aromatic carbocycles. The predicted molar refractivity (Wildman–Crippen MR) is 132 cm³/mol. The molecule has 5 rings (SSSR count). The third kappa shape index (κ3) is 3.68. The third-order valence-corrected chi connectivity index (χ3v) is 7.05. The van der Waals surface area contributed by atoms with Gasteiger partial charge in [0.05, 0.1) is 22.9 Å². The van der Waals surface area contributed by atoms with Crippen LogP contribution in [0.2, 0.25) is 5.02 Å². The smallest absolute Gasteiger partial charge is 0.262 e. The van der Waals surface area contributed by atoms with Crippen molar-refractivity contribution in [1.29, 1.82) is 0 Å². The number of ether oxygens (including phenoxy) is 1. The SMILES string of the molecule is C=C(C)c1c(C(=O)N[C@H]2CCOc3ccccc32)sc2c(-c3cccc(Cl)c3)ccnc12. The Hall–Kier alpha value is -3.15. The van der Waals surface area contributed by atoms with Crippen LogP contribution in [0.25, 0.3) is 26.9 Å². The van der Waals surface area contributed by atoms with Gasteiger partial charge in [0, 0.05) is 34.3 Å². The zero-order valence-electron chi connectivity index (χ0n) is 17.5. The van der Waals surface area contributed by atoms with Crippen LogP contribution in [0.4, 0.5) is 0 Å². The van der Waals surface area contributed by atoms with Crippen LogP contribution in [0.15, 0.2) is 67.4 Å². The molecule has 32 heavy (non-hydrogen) atoms. The van der Waals surface area contributed by atoms with Crippen molar-refractivity contribution in [2.45, 2.75) is 19.4 Å². The molecule has 0 spiro atoms. The number of fused-ring (bicyclic) bond motifs is 2. The van der Waals surface area contributed by atoms with Crippen molar-refractivity contribution in [1.82, 2.24) is 10.3 Å². The summed E-state index contributed by atoms with van der Waals surface area (Å²) in [5, 5.41) is 3.88. The number of para-hydroxylation sites is 1. The summed E-state index contributed by atoms with van der Waals surface area (Å²) in [5.74, 6) is 0.704. The molecule has 1 aliphatic heterocycles. The molecule has 6 heteroatoms. The molecule has 1 N–H and O–H groups in total. The minimum absolute atomic E-state index is 0.101. The van der Waals surface area contributed by atoms with Gasteiger partial charge in [-0.05, 0) is 42.3 Å². The van der Waals surface area contributed by atoms with Crippen LogP contribution >= 0.6 is 22.9 Å². The minimum atomic E-state index is -0.121. The Morgan fingerprint density at radius 1 is 1.22 bits per heavy atom. The fraction of sp³-hybridized carbons (Fsp3) is 0.154. The Balaban J connectivity index is 1.58. The number of pyridine rings is 1. The molecule has 1 aliphatic rings. The number of thiophene rings is 1. The van der Waals surface area contributed by atoms with E-state index in [1.807, 2.05) is 61.5 Å². The lowest BCUT2D eigenvalue weighted by molar-refractivity contribution is 0.0928.